The molecule has 0 saturated heterocycles. The molecule has 0 radical (unpaired) electrons. The lowest BCUT2D eigenvalue weighted by Crippen LogP contribution is -2.36. The van der Waals surface area contributed by atoms with Crippen molar-refractivity contribution >= 4 is 29.9 Å². The maximum atomic E-state index is 5.35. The highest BCUT2D eigenvalue weighted by atomic mass is 127. The second kappa shape index (κ2) is 11.9. The van der Waals surface area contributed by atoms with Gasteiger partial charge in [0.05, 0.1) is 25.4 Å². The lowest BCUT2D eigenvalue weighted by molar-refractivity contribution is 0.185. The van der Waals surface area contributed by atoms with Crippen LogP contribution in [-0.2, 0) is 24.4 Å². The Morgan fingerprint density at radius 1 is 1.19 bits per heavy atom. The van der Waals surface area contributed by atoms with Crippen molar-refractivity contribution in [2.75, 3.05) is 13.7 Å². The lowest BCUT2D eigenvalue weighted by atomic mass is 10.1. The van der Waals surface area contributed by atoms with Gasteiger partial charge in [0.1, 0.15) is 0 Å². The second-order valence-electron chi connectivity index (χ2n) is 6.17. The standard InChI is InChI=1S/C19H28N4O2.HI/c1-5-20-19(22-12-17-10-18(14(2)3)23-25-17)21-11-15-6-8-16(9-7-15)13-24-4;/h6-10,14H,5,11-13H2,1-4H3,(H2,20,21,22);1H. The van der Waals surface area contributed by atoms with Crippen molar-refractivity contribution in [3.63, 3.8) is 0 Å². The molecule has 26 heavy (non-hydrogen) atoms. The topological polar surface area (TPSA) is 71.7 Å². The number of aromatic nitrogens is 1. The number of ether oxygens (including phenoxy) is 1. The van der Waals surface area contributed by atoms with E-state index in [1.807, 2.05) is 13.0 Å². The Morgan fingerprint density at radius 2 is 1.88 bits per heavy atom. The van der Waals surface area contributed by atoms with Crippen LogP contribution in [0.1, 0.15) is 49.3 Å². The predicted octanol–water partition coefficient (Wildman–Crippen LogP) is 3.82. The number of hydrogen-bond donors (Lipinski definition) is 2. The smallest absolute Gasteiger partial charge is 0.191 e. The summed E-state index contributed by atoms with van der Waals surface area (Å²) in [5, 5.41) is 10.6. The molecule has 0 atom stereocenters. The quantitative estimate of drug-likeness (QED) is 0.347. The zero-order chi connectivity index (χ0) is 18.1. The Kier molecular flexibility index (Phi) is 10.3. The first-order valence-corrected chi connectivity index (χ1v) is 8.66. The largest absolute Gasteiger partial charge is 0.380 e. The normalized spacial score (nSPS) is 11.3. The Balaban J connectivity index is 0.00000338. The van der Waals surface area contributed by atoms with Gasteiger partial charge in [0.15, 0.2) is 11.7 Å². The summed E-state index contributed by atoms with van der Waals surface area (Å²) in [7, 11) is 1.70. The van der Waals surface area contributed by atoms with Crippen molar-refractivity contribution in [3.8, 4) is 0 Å². The minimum absolute atomic E-state index is 0. The third-order valence-electron chi connectivity index (χ3n) is 3.70. The molecule has 7 heteroatoms. The number of rotatable bonds is 8. The molecule has 0 spiro atoms. The van der Waals surface area contributed by atoms with Crippen LogP contribution in [0, 0.1) is 0 Å². The van der Waals surface area contributed by atoms with Crippen LogP contribution in [0.2, 0.25) is 0 Å². The summed E-state index contributed by atoms with van der Waals surface area (Å²) in [6.07, 6.45) is 0. The van der Waals surface area contributed by atoms with E-state index in [1.165, 1.54) is 0 Å². The molecule has 0 bridgehead atoms. The summed E-state index contributed by atoms with van der Waals surface area (Å²) >= 11 is 0. The van der Waals surface area contributed by atoms with Crippen LogP contribution >= 0.6 is 24.0 Å². The summed E-state index contributed by atoms with van der Waals surface area (Å²) in [5.74, 6) is 1.92. The zero-order valence-electron chi connectivity index (χ0n) is 15.9. The molecule has 1 aromatic heterocycles. The number of benzene rings is 1. The van der Waals surface area contributed by atoms with Gasteiger partial charge >= 0.3 is 0 Å². The van der Waals surface area contributed by atoms with Gasteiger partial charge in [-0.25, -0.2) is 4.99 Å². The van der Waals surface area contributed by atoms with E-state index in [-0.39, 0.29) is 24.0 Å². The summed E-state index contributed by atoms with van der Waals surface area (Å²) in [6.45, 7) is 8.82. The van der Waals surface area contributed by atoms with E-state index in [1.54, 1.807) is 7.11 Å². The maximum Gasteiger partial charge on any atom is 0.191 e. The Hall–Kier alpha value is -1.61. The number of aliphatic imine (C=N–C) groups is 1. The average Bonchev–Trinajstić information content (AvgIpc) is 3.08. The van der Waals surface area contributed by atoms with Crippen molar-refractivity contribution in [1.29, 1.82) is 0 Å². The first-order valence-electron chi connectivity index (χ1n) is 8.66. The van der Waals surface area contributed by atoms with Gasteiger partial charge in [-0.1, -0.05) is 43.3 Å². The van der Waals surface area contributed by atoms with E-state index in [4.69, 9.17) is 9.26 Å². The molecule has 0 amide bonds. The Morgan fingerprint density at radius 3 is 2.46 bits per heavy atom. The van der Waals surface area contributed by atoms with Gasteiger partial charge in [-0.3, -0.25) is 0 Å². The van der Waals surface area contributed by atoms with Crippen molar-refractivity contribution in [1.82, 2.24) is 15.8 Å². The van der Waals surface area contributed by atoms with Crippen molar-refractivity contribution in [2.24, 2.45) is 4.99 Å². The molecule has 1 heterocycles. The van der Waals surface area contributed by atoms with Gasteiger partial charge in [0.25, 0.3) is 0 Å². The first kappa shape index (κ1) is 22.4. The van der Waals surface area contributed by atoms with Crippen LogP contribution in [0.5, 0.6) is 0 Å². The minimum atomic E-state index is 0. The van der Waals surface area contributed by atoms with Crippen LogP contribution < -0.4 is 10.6 Å². The summed E-state index contributed by atoms with van der Waals surface area (Å²) < 4.78 is 10.5. The Labute approximate surface area is 172 Å². The third-order valence-corrected chi connectivity index (χ3v) is 3.70. The second-order valence-corrected chi connectivity index (χ2v) is 6.17. The van der Waals surface area contributed by atoms with Gasteiger partial charge < -0.3 is 19.9 Å². The number of guanidine groups is 1. The average molecular weight is 472 g/mol. The fourth-order valence-electron chi connectivity index (χ4n) is 2.27. The lowest BCUT2D eigenvalue weighted by Gasteiger charge is -2.10. The fraction of sp³-hybridized carbons (Fsp3) is 0.474. The molecule has 0 unspecified atom stereocenters. The first-order chi connectivity index (χ1) is 12.1. The van der Waals surface area contributed by atoms with Crippen LogP contribution in [0.3, 0.4) is 0 Å². The fourth-order valence-corrected chi connectivity index (χ4v) is 2.27. The van der Waals surface area contributed by atoms with Gasteiger partial charge in [0.2, 0.25) is 0 Å². The van der Waals surface area contributed by atoms with Crippen molar-refractivity contribution in [2.45, 2.75) is 46.4 Å². The monoisotopic (exact) mass is 472 g/mol. The van der Waals surface area contributed by atoms with Gasteiger partial charge in [0, 0.05) is 19.7 Å². The SMILES string of the molecule is CCNC(=NCc1ccc(COC)cc1)NCc1cc(C(C)C)no1.I. The number of methoxy groups -OCH3 is 1. The zero-order valence-corrected chi connectivity index (χ0v) is 18.2. The molecule has 6 nitrogen and oxygen atoms in total. The number of nitrogens with zero attached hydrogens (tertiary/aromatic N) is 2. The number of nitrogens with one attached hydrogen (secondary N) is 2. The van der Waals surface area contributed by atoms with Gasteiger partial charge in [-0.15, -0.1) is 24.0 Å². The summed E-state index contributed by atoms with van der Waals surface area (Å²) in [5.41, 5.74) is 3.28. The molecule has 0 saturated carbocycles. The molecule has 144 valence electrons. The molecular formula is C19H29IN4O2. The highest BCUT2D eigenvalue weighted by Crippen LogP contribution is 2.13. The number of hydrogen-bond acceptors (Lipinski definition) is 4. The molecule has 1 aromatic carbocycles. The van der Waals surface area contributed by atoms with E-state index < -0.39 is 0 Å². The highest BCUT2D eigenvalue weighted by molar-refractivity contribution is 14.0. The van der Waals surface area contributed by atoms with Gasteiger partial charge in [-0.05, 0) is 24.0 Å². The van der Waals surface area contributed by atoms with E-state index in [0.29, 0.717) is 25.6 Å². The molecule has 0 aliphatic rings. The third kappa shape index (κ3) is 7.33. The number of halogens is 1. The summed E-state index contributed by atoms with van der Waals surface area (Å²) in [4.78, 5) is 4.62. The van der Waals surface area contributed by atoms with Crippen LogP contribution in [0.15, 0.2) is 39.8 Å². The van der Waals surface area contributed by atoms with Crippen LogP contribution in [0.4, 0.5) is 0 Å². The molecule has 2 N–H and O–H groups in total. The van der Waals surface area contributed by atoms with Crippen molar-refractivity contribution < 1.29 is 9.26 Å². The molecular weight excluding hydrogens is 443 g/mol. The van der Waals surface area contributed by atoms with Gasteiger partial charge in [-0.2, -0.15) is 0 Å². The molecule has 2 aromatic rings. The highest BCUT2D eigenvalue weighted by Gasteiger charge is 2.08. The van der Waals surface area contributed by atoms with Crippen molar-refractivity contribution in [3.05, 3.63) is 52.9 Å². The summed E-state index contributed by atoms with van der Waals surface area (Å²) in [6, 6.07) is 10.3. The van der Waals surface area contributed by atoms with E-state index in [9.17, 15) is 0 Å². The predicted molar refractivity (Wildman–Crippen MR) is 115 cm³/mol. The van der Waals surface area contributed by atoms with Crippen LogP contribution in [-0.4, -0.2) is 24.8 Å². The minimum Gasteiger partial charge on any atom is -0.380 e. The molecule has 0 aliphatic carbocycles. The Bertz CT molecular complexity index is 668. The molecule has 0 fully saturated rings. The molecule has 0 aliphatic heterocycles. The van der Waals surface area contributed by atoms with E-state index >= 15 is 0 Å². The van der Waals surface area contributed by atoms with E-state index in [2.05, 4.69) is 58.9 Å². The molecule has 2 rings (SSSR count). The van der Waals surface area contributed by atoms with E-state index in [0.717, 1.165) is 35.1 Å². The van der Waals surface area contributed by atoms with Crippen LogP contribution in [0.25, 0.3) is 0 Å². The maximum absolute atomic E-state index is 5.35.